The summed E-state index contributed by atoms with van der Waals surface area (Å²) in [6.45, 7) is 5.88. The number of benzene rings is 1. The van der Waals surface area contributed by atoms with E-state index >= 15 is 0 Å². The summed E-state index contributed by atoms with van der Waals surface area (Å²) in [5.74, 6) is 1.22. The number of nitrogens with zero attached hydrogens (tertiary/aromatic N) is 2. The van der Waals surface area contributed by atoms with E-state index in [0.29, 0.717) is 24.0 Å². The molecule has 6 nitrogen and oxygen atoms in total. The van der Waals surface area contributed by atoms with Crippen molar-refractivity contribution in [2.45, 2.75) is 39.2 Å². The number of anilines is 1. The molecule has 0 unspecified atom stereocenters. The van der Waals surface area contributed by atoms with Gasteiger partial charge in [-0.2, -0.15) is 0 Å². The van der Waals surface area contributed by atoms with Gasteiger partial charge in [0.15, 0.2) is 0 Å². The summed E-state index contributed by atoms with van der Waals surface area (Å²) in [7, 11) is 0. The van der Waals surface area contributed by atoms with Crippen LogP contribution >= 0.6 is 0 Å². The zero-order valence-corrected chi connectivity index (χ0v) is 15.4. The van der Waals surface area contributed by atoms with Crippen LogP contribution in [0.1, 0.15) is 44.0 Å². The Morgan fingerprint density at radius 1 is 1.31 bits per heavy atom. The van der Waals surface area contributed by atoms with Gasteiger partial charge in [0.2, 0.25) is 11.9 Å². The van der Waals surface area contributed by atoms with Crippen LogP contribution in [0, 0.1) is 5.92 Å². The lowest BCUT2D eigenvalue weighted by molar-refractivity contribution is -0.121. The number of rotatable bonds is 5. The van der Waals surface area contributed by atoms with Crippen molar-refractivity contribution in [3.8, 4) is 0 Å². The van der Waals surface area contributed by atoms with Gasteiger partial charge in [-0.15, -0.1) is 0 Å². The van der Waals surface area contributed by atoms with Crippen molar-refractivity contribution in [2.75, 3.05) is 18.0 Å². The molecule has 1 amide bonds. The summed E-state index contributed by atoms with van der Waals surface area (Å²) < 4.78 is 0. The fourth-order valence-corrected chi connectivity index (χ4v) is 3.20. The number of aromatic nitrogens is 2. The maximum absolute atomic E-state index is 12.3. The normalized spacial score (nSPS) is 16.3. The third kappa shape index (κ3) is 4.71. The molecule has 0 saturated carbocycles. The molecule has 1 aromatic heterocycles. The van der Waals surface area contributed by atoms with Crippen LogP contribution in [0.25, 0.3) is 0 Å². The third-order valence-corrected chi connectivity index (χ3v) is 4.86. The number of H-pyrrole nitrogens is 1. The molecule has 0 bridgehead atoms. The molecular weight excluding hydrogens is 328 g/mol. The van der Waals surface area contributed by atoms with E-state index in [4.69, 9.17) is 0 Å². The number of hydrogen-bond donors (Lipinski definition) is 2. The van der Waals surface area contributed by atoms with E-state index in [0.717, 1.165) is 31.5 Å². The quantitative estimate of drug-likeness (QED) is 0.864. The van der Waals surface area contributed by atoms with Crippen molar-refractivity contribution in [1.82, 2.24) is 15.3 Å². The molecule has 2 heterocycles. The first-order chi connectivity index (χ1) is 12.5. The molecule has 1 atom stereocenters. The molecule has 0 radical (unpaired) electrons. The number of amides is 1. The molecule has 2 N–H and O–H groups in total. The van der Waals surface area contributed by atoms with Gasteiger partial charge in [0.1, 0.15) is 0 Å². The fourth-order valence-electron chi connectivity index (χ4n) is 3.20. The van der Waals surface area contributed by atoms with E-state index in [-0.39, 0.29) is 17.5 Å². The Balaban J connectivity index is 1.68. The Kier molecular flexibility index (Phi) is 5.71. The van der Waals surface area contributed by atoms with Crippen LogP contribution in [0.15, 0.2) is 41.2 Å². The molecule has 1 aliphatic heterocycles. The van der Waals surface area contributed by atoms with Crippen molar-refractivity contribution in [1.29, 1.82) is 0 Å². The Morgan fingerprint density at radius 2 is 2.00 bits per heavy atom. The lowest BCUT2D eigenvalue weighted by atomic mass is 10.00. The van der Waals surface area contributed by atoms with Crippen LogP contribution in [0.5, 0.6) is 0 Å². The van der Waals surface area contributed by atoms with Crippen LogP contribution < -0.4 is 15.8 Å². The zero-order valence-electron chi connectivity index (χ0n) is 15.4. The summed E-state index contributed by atoms with van der Waals surface area (Å²) in [5.41, 5.74) is 1.36. The van der Waals surface area contributed by atoms with E-state index in [1.54, 1.807) is 0 Å². The maximum Gasteiger partial charge on any atom is 0.252 e. The summed E-state index contributed by atoms with van der Waals surface area (Å²) in [5, 5.41) is 2.94. The molecule has 26 heavy (non-hydrogen) atoms. The van der Waals surface area contributed by atoms with E-state index in [2.05, 4.69) is 27.1 Å². The number of aromatic amines is 1. The molecule has 6 heteroatoms. The highest BCUT2D eigenvalue weighted by Gasteiger charge is 2.20. The molecule has 2 aromatic rings. The minimum absolute atomic E-state index is 0.0841. The van der Waals surface area contributed by atoms with Crippen LogP contribution in [0.4, 0.5) is 5.95 Å². The molecule has 0 spiro atoms. The van der Waals surface area contributed by atoms with E-state index in [9.17, 15) is 9.59 Å². The summed E-state index contributed by atoms with van der Waals surface area (Å²) in [4.78, 5) is 33.9. The first-order valence-corrected chi connectivity index (χ1v) is 9.21. The van der Waals surface area contributed by atoms with Crippen molar-refractivity contribution >= 4 is 11.9 Å². The van der Waals surface area contributed by atoms with Crippen molar-refractivity contribution < 1.29 is 4.79 Å². The van der Waals surface area contributed by atoms with Crippen molar-refractivity contribution in [3.05, 3.63) is 58.0 Å². The predicted molar refractivity (Wildman–Crippen MR) is 102 cm³/mol. The average Bonchev–Trinajstić information content (AvgIpc) is 2.62. The lowest BCUT2D eigenvalue weighted by Gasteiger charge is -2.31. The van der Waals surface area contributed by atoms with Gasteiger partial charge >= 0.3 is 0 Å². The van der Waals surface area contributed by atoms with Gasteiger partial charge in [-0.25, -0.2) is 4.98 Å². The molecular formula is C20H26N4O2. The van der Waals surface area contributed by atoms with Crippen molar-refractivity contribution in [2.24, 2.45) is 5.92 Å². The molecule has 3 rings (SSSR count). The highest BCUT2D eigenvalue weighted by atomic mass is 16.1. The SMILES string of the molecule is CC1CCN(c2nc([C@H](C)NC(=O)Cc3ccccc3)cc(=O)[nH]2)CC1. The third-order valence-electron chi connectivity index (χ3n) is 4.86. The van der Waals surface area contributed by atoms with E-state index in [1.165, 1.54) is 6.07 Å². The largest absolute Gasteiger partial charge is 0.348 e. The van der Waals surface area contributed by atoms with Gasteiger partial charge < -0.3 is 10.2 Å². The topological polar surface area (TPSA) is 78.1 Å². The highest BCUT2D eigenvalue weighted by Crippen LogP contribution is 2.20. The van der Waals surface area contributed by atoms with Crippen LogP contribution in [0.3, 0.4) is 0 Å². The molecule has 1 aromatic carbocycles. The number of nitrogens with one attached hydrogen (secondary N) is 2. The molecule has 0 aliphatic carbocycles. The smallest absolute Gasteiger partial charge is 0.252 e. The van der Waals surface area contributed by atoms with Gasteiger partial charge in [-0.3, -0.25) is 14.6 Å². The molecule has 138 valence electrons. The van der Waals surface area contributed by atoms with E-state index in [1.807, 2.05) is 37.3 Å². The van der Waals surface area contributed by atoms with Gasteiger partial charge in [-0.1, -0.05) is 37.3 Å². The lowest BCUT2D eigenvalue weighted by Crippen LogP contribution is -2.36. The first kappa shape index (κ1) is 18.2. The molecule has 1 aliphatic rings. The second-order valence-corrected chi connectivity index (χ2v) is 7.12. The van der Waals surface area contributed by atoms with Gasteiger partial charge in [0, 0.05) is 19.2 Å². The standard InChI is InChI=1S/C20H26N4O2/c1-14-8-10-24(11-9-14)20-22-17(13-19(26)23-20)15(2)21-18(25)12-16-6-4-3-5-7-16/h3-7,13-15H,8-12H2,1-2H3,(H,21,25)(H,22,23,26)/t15-/m0/s1. The van der Waals surface area contributed by atoms with Gasteiger partial charge in [0.25, 0.3) is 5.56 Å². The minimum Gasteiger partial charge on any atom is -0.348 e. The number of piperidine rings is 1. The Hall–Kier alpha value is -2.63. The summed E-state index contributed by atoms with van der Waals surface area (Å²) in [6, 6.07) is 10.7. The second-order valence-electron chi connectivity index (χ2n) is 7.12. The Morgan fingerprint density at radius 3 is 2.69 bits per heavy atom. The van der Waals surface area contributed by atoms with Crippen LogP contribution in [0.2, 0.25) is 0 Å². The van der Waals surface area contributed by atoms with Crippen LogP contribution in [-0.2, 0) is 11.2 Å². The fraction of sp³-hybridized carbons (Fsp3) is 0.450. The first-order valence-electron chi connectivity index (χ1n) is 9.21. The predicted octanol–water partition coefficient (Wildman–Crippen LogP) is 2.43. The van der Waals surface area contributed by atoms with Gasteiger partial charge in [-0.05, 0) is 31.2 Å². The second kappa shape index (κ2) is 8.17. The molecule has 1 fully saturated rings. The summed E-state index contributed by atoms with van der Waals surface area (Å²) in [6.07, 6.45) is 2.50. The zero-order chi connectivity index (χ0) is 18.5. The summed E-state index contributed by atoms with van der Waals surface area (Å²) >= 11 is 0. The number of carbonyl (C=O) groups excluding carboxylic acids is 1. The maximum atomic E-state index is 12.3. The Labute approximate surface area is 153 Å². The monoisotopic (exact) mass is 354 g/mol. The van der Waals surface area contributed by atoms with Crippen LogP contribution in [-0.4, -0.2) is 29.0 Å². The Bertz CT molecular complexity index is 795. The van der Waals surface area contributed by atoms with Crippen molar-refractivity contribution in [3.63, 3.8) is 0 Å². The number of carbonyl (C=O) groups is 1. The average molecular weight is 354 g/mol. The van der Waals surface area contributed by atoms with E-state index < -0.39 is 0 Å². The van der Waals surface area contributed by atoms with Gasteiger partial charge in [0.05, 0.1) is 18.2 Å². The minimum atomic E-state index is -0.323. The molecule has 1 saturated heterocycles. The highest BCUT2D eigenvalue weighted by molar-refractivity contribution is 5.78. The number of hydrogen-bond acceptors (Lipinski definition) is 4.